The summed E-state index contributed by atoms with van der Waals surface area (Å²) in [5.41, 5.74) is -0.702. The Balaban J connectivity index is 2.02. The number of rotatable bonds is 6. The number of nitrogens with one attached hydrogen (secondary N) is 1. The van der Waals surface area contributed by atoms with Crippen molar-refractivity contribution in [1.82, 2.24) is 10.2 Å². The van der Waals surface area contributed by atoms with Crippen molar-refractivity contribution < 1.29 is 28.7 Å². The van der Waals surface area contributed by atoms with Crippen LogP contribution in [0.2, 0.25) is 0 Å². The smallest absolute Gasteiger partial charge is 0.408 e. The number of hydrogen-bond donors (Lipinski definition) is 1. The Kier molecular flexibility index (Phi) is 6.90. The molecule has 0 radical (unpaired) electrons. The number of benzene rings is 1. The lowest BCUT2D eigenvalue weighted by Gasteiger charge is -2.26. The Morgan fingerprint density at radius 3 is 1.90 bits per heavy atom. The van der Waals surface area contributed by atoms with Crippen LogP contribution in [0.25, 0.3) is 0 Å². The van der Waals surface area contributed by atoms with Gasteiger partial charge in [0.1, 0.15) is 17.2 Å². The Labute approximate surface area is 176 Å². The molecular formula is C22H30N2O6. The maximum Gasteiger partial charge on any atom is 0.408 e. The van der Waals surface area contributed by atoms with Gasteiger partial charge in [0.25, 0.3) is 11.8 Å². The Bertz CT molecular complexity index is 800. The average Bonchev–Trinajstić information content (AvgIpc) is 2.83. The van der Waals surface area contributed by atoms with Gasteiger partial charge >= 0.3 is 12.1 Å². The Hall–Kier alpha value is -2.90. The van der Waals surface area contributed by atoms with Gasteiger partial charge in [-0.05, 0) is 66.5 Å². The predicted octanol–water partition coefficient (Wildman–Crippen LogP) is 3.30. The fourth-order valence-corrected chi connectivity index (χ4v) is 2.97. The van der Waals surface area contributed by atoms with Gasteiger partial charge in [0.05, 0.1) is 11.1 Å². The maximum absolute atomic E-state index is 12.6. The molecule has 164 valence electrons. The molecule has 8 heteroatoms. The van der Waals surface area contributed by atoms with E-state index in [0.717, 1.165) is 4.90 Å². The molecule has 1 N–H and O–H groups in total. The summed E-state index contributed by atoms with van der Waals surface area (Å²) in [5.74, 6) is -1.32. The number of nitrogens with zero attached hydrogens (tertiary/aromatic N) is 1. The van der Waals surface area contributed by atoms with Gasteiger partial charge in [-0.2, -0.15) is 0 Å². The highest BCUT2D eigenvalue weighted by Gasteiger charge is 2.35. The first-order chi connectivity index (χ1) is 13.8. The van der Waals surface area contributed by atoms with E-state index in [4.69, 9.17) is 9.47 Å². The minimum Gasteiger partial charge on any atom is -0.458 e. The van der Waals surface area contributed by atoms with Gasteiger partial charge in [0, 0.05) is 6.54 Å². The zero-order chi connectivity index (χ0) is 22.7. The van der Waals surface area contributed by atoms with E-state index in [-0.39, 0.29) is 24.8 Å². The van der Waals surface area contributed by atoms with Crippen LogP contribution in [0.5, 0.6) is 0 Å². The summed E-state index contributed by atoms with van der Waals surface area (Å²) < 4.78 is 10.6. The van der Waals surface area contributed by atoms with Gasteiger partial charge in [-0.15, -0.1) is 0 Å². The molecule has 2 rings (SSSR count). The van der Waals surface area contributed by atoms with Crippen LogP contribution in [0.3, 0.4) is 0 Å². The molecule has 1 heterocycles. The van der Waals surface area contributed by atoms with Gasteiger partial charge in [0.15, 0.2) is 0 Å². The zero-order valence-electron chi connectivity index (χ0n) is 18.4. The fourth-order valence-electron chi connectivity index (χ4n) is 2.97. The number of ether oxygens (including phenoxy) is 2. The van der Waals surface area contributed by atoms with E-state index in [1.807, 2.05) is 0 Å². The third-order valence-corrected chi connectivity index (χ3v) is 4.13. The highest BCUT2D eigenvalue weighted by molar-refractivity contribution is 6.21. The third kappa shape index (κ3) is 6.30. The second-order valence-corrected chi connectivity index (χ2v) is 9.18. The Morgan fingerprint density at radius 1 is 0.933 bits per heavy atom. The van der Waals surface area contributed by atoms with Gasteiger partial charge < -0.3 is 14.8 Å². The van der Waals surface area contributed by atoms with Crippen LogP contribution >= 0.6 is 0 Å². The summed E-state index contributed by atoms with van der Waals surface area (Å²) in [5, 5.41) is 2.54. The van der Waals surface area contributed by atoms with Gasteiger partial charge in [-0.25, -0.2) is 9.59 Å². The normalized spacial score (nSPS) is 14.9. The first-order valence-corrected chi connectivity index (χ1v) is 9.96. The molecule has 1 aromatic carbocycles. The highest BCUT2D eigenvalue weighted by atomic mass is 16.6. The highest BCUT2D eigenvalue weighted by Crippen LogP contribution is 2.23. The van der Waals surface area contributed by atoms with Crippen molar-refractivity contribution in [1.29, 1.82) is 0 Å². The van der Waals surface area contributed by atoms with E-state index in [1.165, 1.54) is 0 Å². The molecule has 0 unspecified atom stereocenters. The number of hydrogen-bond acceptors (Lipinski definition) is 6. The summed E-state index contributed by atoms with van der Waals surface area (Å²) in [4.78, 5) is 50.8. The van der Waals surface area contributed by atoms with Crippen molar-refractivity contribution in [3.8, 4) is 0 Å². The third-order valence-electron chi connectivity index (χ3n) is 4.13. The number of imide groups is 1. The molecule has 0 aromatic heterocycles. The first-order valence-electron chi connectivity index (χ1n) is 9.96. The van der Waals surface area contributed by atoms with Gasteiger partial charge in [-0.1, -0.05) is 12.1 Å². The predicted molar refractivity (Wildman–Crippen MR) is 110 cm³/mol. The van der Waals surface area contributed by atoms with Crippen molar-refractivity contribution in [2.24, 2.45) is 0 Å². The topological polar surface area (TPSA) is 102 Å². The monoisotopic (exact) mass is 418 g/mol. The maximum atomic E-state index is 12.6. The van der Waals surface area contributed by atoms with E-state index in [2.05, 4.69) is 5.32 Å². The van der Waals surface area contributed by atoms with Crippen molar-refractivity contribution >= 4 is 23.9 Å². The minimum atomic E-state index is -0.964. The molecule has 0 bridgehead atoms. The molecule has 0 aliphatic carbocycles. The second kappa shape index (κ2) is 8.85. The largest absolute Gasteiger partial charge is 0.458 e. The molecule has 0 saturated heterocycles. The number of carbonyl (C=O) groups excluding carboxylic acids is 4. The quantitative estimate of drug-likeness (QED) is 0.562. The van der Waals surface area contributed by atoms with E-state index in [1.54, 1.807) is 65.8 Å². The average molecular weight is 418 g/mol. The molecule has 3 amide bonds. The van der Waals surface area contributed by atoms with Crippen LogP contribution in [0.15, 0.2) is 24.3 Å². The van der Waals surface area contributed by atoms with E-state index >= 15 is 0 Å². The zero-order valence-corrected chi connectivity index (χ0v) is 18.4. The number of alkyl carbamates (subject to hydrolysis) is 1. The summed E-state index contributed by atoms with van der Waals surface area (Å²) in [6.45, 7) is 10.5. The fraction of sp³-hybridized carbons (Fsp3) is 0.545. The van der Waals surface area contributed by atoms with Crippen molar-refractivity contribution in [2.45, 2.75) is 71.6 Å². The molecule has 8 nitrogen and oxygen atoms in total. The summed E-state index contributed by atoms with van der Waals surface area (Å²) in [6.07, 6.45) is -0.244. The molecule has 1 aromatic rings. The number of esters is 1. The SMILES string of the molecule is CC(C)(C)OC(=O)N[C@H](CCCN1C(=O)c2ccccc2C1=O)C(=O)OC(C)(C)C. The van der Waals surface area contributed by atoms with E-state index in [0.29, 0.717) is 17.5 Å². The molecule has 0 fully saturated rings. The Morgan fingerprint density at radius 2 is 1.43 bits per heavy atom. The van der Waals surface area contributed by atoms with Crippen LogP contribution < -0.4 is 5.32 Å². The molecular weight excluding hydrogens is 388 g/mol. The van der Waals surface area contributed by atoms with E-state index in [9.17, 15) is 19.2 Å². The lowest BCUT2D eigenvalue weighted by Crippen LogP contribution is -2.46. The number of amides is 3. The van der Waals surface area contributed by atoms with Crippen molar-refractivity contribution in [3.05, 3.63) is 35.4 Å². The molecule has 1 aliphatic rings. The van der Waals surface area contributed by atoms with Crippen LogP contribution in [-0.2, 0) is 14.3 Å². The van der Waals surface area contributed by atoms with Crippen LogP contribution in [0.1, 0.15) is 75.1 Å². The number of carbonyl (C=O) groups is 4. The number of fused-ring (bicyclic) bond motifs is 1. The summed E-state index contributed by atoms with van der Waals surface area (Å²) >= 11 is 0. The molecule has 1 atom stereocenters. The molecule has 1 aliphatic heterocycles. The van der Waals surface area contributed by atoms with Crippen molar-refractivity contribution in [2.75, 3.05) is 6.54 Å². The van der Waals surface area contributed by atoms with Crippen LogP contribution in [0.4, 0.5) is 4.79 Å². The summed E-state index contributed by atoms with van der Waals surface area (Å²) in [6, 6.07) is 5.68. The minimum absolute atomic E-state index is 0.127. The van der Waals surface area contributed by atoms with Gasteiger partial charge in [0.2, 0.25) is 0 Å². The lowest BCUT2D eigenvalue weighted by molar-refractivity contribution is -0.157. The summed E-state index contributed by atoms with van der Waals surface area (Å²) in [7, 11) is 0. The molecule has 0 spiro atoms. The van der Waals surface area contributed by atoms with Crippen LogP contribution in [0, 0.1) is 0 Å². The molecule has 30 heavy (non-hydrogen) atoms. The van der Waals surface area contributed by atoms with Gasteiger partial charge in [-0.3, -0.25) is 14.5 Å². The standard InChI is InChI=1S/C22H30N2O6/c1-21(2,3)29-19(27)16(23-20(28)30-22(4,5)6)12-9-13-24-17(25)14-10-7-8-11-15(14)18(24)26/h7-8,10-11,16H,9,12-13H2,1-6H3,(H,23,28)/t16-/m1/s1. The lowest BCUT2D eigenvalue weighted by atomic mass is 10.1. The molecule has 0 saturated carbocycles. The van der Waals surface area contributed by atoms with E-state index < -0.39 is 29.3 Å². The second-order valence-electron chi connectivity index (χ2n) is 9.18. The van der Waals surface area contributed by atoms with Crippen molar-refractivity contribution in [3.63, 3.8) is 0 Å². The van der Waals surface area contributed by atoms with Crippen LogP contribution in [-0.4, -0.2) is 52.6 Å². The first kappa shape index (κ1) is 23.4.